The number of halogens is 6. The summed E-state index contributed by atoms with van der Waals surface area (Å²) >= 11 is 0. The van der Waals surface area contributed by atoms with Crippen molar-refractivity contribution in [1.82, 2.24) is 19.7 Å². The highest BCUT2D eigenvalue weighted by molar-refractivity contribution is 6.23. The van der Waals surface area contributed by atoms with E-state index in [-0.39, 0.29) is 38.4 Å². The van der Waals surface area contributed by atoms with Crippen LogP contribution in [0.25, 0.3) is 0 Å². The minimum atomic E-state index is -5.47. The number of hydrogen-bond acceptors (Lipinski definition) is 9. The molecule has 244 valence electrons. The minimum Gasteiger partial charge on any atom is -0.430 e. The standard InChI is InChI=1S/C27H28F6N6O6/c1-25(2)22(41)39(24(43)38(25)15-16-6-8-34-9-7-16)17-4-5-19(45-27(31,32)33)18(14-17)35-20(40)21(44-23(42)26(28,29)30)37-12-10-36(3)11-13-37/h4-9,14,21H,10-13,15H2,1-3H3,(H,35,40). The molecule has 2 aliphatic heterocycles. The number of nitrogens with zero attached hydrogens (tertiary/aromatic N) is 5. The predicted octanol–water partition coefficient (Wildman–Crippen LogP) is 3.35. The molecule has 2 saturated heterocycles. The molecular weight excluding hydrogens is 618 g/mol. The van der Waals surface area contributed by atoms with E-state index in [1.54, 1.807) is 24.1 Å². The minimum absolute atomic E-state index is 0.0211. The van der Waals surface area contributed by atoms with Gasteiger partial charge in [-0.25, -0.2) is 14.5 Å². The van der Waals surface area contributed by atoms with Crippen LogP contribution in [0.5, 0.6) is 5.75 Å². The third-order valence-corrected chi connectivity index (χ3v) is 7.16. The van der Waals surface area contributed by atoms with Crippen molar-refractivity contribution in [3.05, 3.63) is 48.3 Å². The number of esters is 1. The topological polar surface area (TPSA) is 125 Å². The van der Waals surface area contributed by atoms with E-state index in [0.717, 1.165) is 23.1 Å². The first-order valence-electron chi connectivity index (χ1n) is 13.3. The number of benzene rings is 1. The molecular formula is C27H28F6N6O6. The van der Waals surface area contributed by atoms with Crippen LogP contribution in [0.3, 0.4) is 0 Å². The van der Waals surface area contributed by atoms with Crippen molar-refractivity contribution in [3.8, 4) is 5.75 Å². The van der Waals surface area contributed by atoms with Crippen molar-refractivity contribution >= 4 is 35.2 Å². The van der Waals surface area contributed by atoms with Crippen LogP contribution in [0.1, 0.15) is 19.4 Å². The second-order valence-electron chi connectivity index (χ2n) is 10.7. The average Bonchev–Trinajstić information content (AvgIpc) is 3.11. The molecule has 2 aliphatic rings. The lowest BCUT2D eigenvalue weighted by molar-refractivity contribution is -0.274. The number of carbonyl (C=O) groups excluding carboxylic acids is 4. The molecule has 1 N–H and O–H groups in total. The van der Waals surface area contributed by atoms with E-state index < -0.39 is 59.6 Å². The van der Waals surface area contributed by atoms with Crippen LogP contribution in [0.2, 0.25) is 0 Å². The number of amides is 4. The number of nitrogens with one attached hydrogen (secondary N) is 1. The van der Waals surface area contributed by atoms with Crippen molar-refractivity contribution < 1.29 is 55.0 Å². The third-order valence-electron chi connectivity index (χ3n) is 7.16. The Morgan fingerprint density at radius 1 is 1.00 bits per heavy atom. The van der Waals surface area contributed by atoms with Gasteiger partial charge in [0.2, 0.25) is 6.23 Å². The zero-order valence-electron chi connectivity index (χ0n) is 24.1. The monoisotopic (exact) mass is 646 g/mol. The maximum atomic E-state index is 13.5. The summed E-state index contributed by atoms with van der Waals surface area (Å²) in [7, 11) is 1.71. The predicted molar refractivity (Wildman–Crippen MR) is 144 cm³/mol. The van der Waals surface area contributed by atoms with Crippen LogP contribution in [-0.2, 0) is 25.7 Å². The van der Waals surface area contributed by atoms with E-state index in [1.807, 2.05) is 5.32 Å². The van der Waals surface area contributed by atoms with Crippen LogP contribution >= 0.6 is 0 Å². The summed E-state index contributed by atoms with van der Waals surface area (Å²) in [5.41, 5.74) is -1.82. The van der Waals surface area contributed by atoms with Gasteiger partial charge in [0.25, 0.3) is 11.8 Å². The van der Waals surface area contributed by atoms with E-state index in [2.05, 4.69) is 14.5 Å². The first-order valence-corrected chi connectivity index (χ1v) is 13.3. The summed E-state index contributed by atoms with van der Waals surface area (Å²) in [6, 6.07) is 4.93. The van der Waals surface area contributed by atoms with E-state index in [0.29, 0.717) is 10.5 Å². The number of rotatable bonds is 8. The number of anilines is 2. The summed E-state index contributed by atoms with van der Waals surface area (Å²) in [5, 5.41) is 2.03. The Balaban J connectivity index is 1.69. The number of pyridine rings is 1. The third kappa shape index (κ3) is 7.62. The van der Waals surface area contributed by atoms with Gasteiger partial charge in [0.1, 0.15) is 5.54 Å². The Morgan fingerprint density at radius 2 is 1.62 bits per heavy atom. The van der Waals surface area contributed by atoms with Crippen molar-refractivity contribution in [3.63, 3.8) is 0 Å². The second-order valence-corrected chi connectivity index (χ2v) is 10.7. The molecule has 1 unspecified atom stereocenters. The van der Waals surface area contributed by atoms with E-state index in [9.17, 15) is 45.5 Å². The summed E-state index contributed by atoms with van der Waals surface area (Å²) in [5.74, 6) is -5.88. The van der Waals surface area contributed by atoms with Gasteiger partial charge in [-0.2, -0.15) is 13.2 Å². The van der Waals surface area contributed by atoms with Gasteiger partial charge >= 0.3 is 24.5 Å². The number of piperazine rings is 1. The Labute approximate surface area is 252 Å². The first kappa shape index (κ1) is 33.4. The molecule has 4 rings (SSSR count). The van der Waals surface area contributed by atoms with Crippen LogP contribution in [0.4, 0.5) is 42.5 Å². The number of alkyl halides is 6. The number of hydrogen-bond donors (Lipinski definition) is 1. The fraction of sp³-hybridized carbons (Fsp3) is 0.444. The van der Waals surface area contributed by atoms with Gasteiger partial charge in [0.05, 0.1) is 11.4 Å². The zero-order valence-corrected chi connectivity index (χ0v) is 24.1. The van der Waals surface area contributed by atoms with E-state index in [4.69, 9.17) is 0 Å². The quantitative estimate of drug-likeness (QED) is 0.261. The van der Waals surface area contributed by atoms with Crippen molar-refractivity contribution in [2.45, 2.75) is 44.7 Å². The molecule has 1 aromatic heterocycles. The Hall–Kier alpha value is -4.45. The van der Waals surface area contributed by atoms with Crippen LogP contribution in [0.15, 0.2) is 42.7 Å². The fourth-order valence-electron chi connectivity index (χ4n) is 4.68. The number of ether oxygens (including phenoxy) is 2. The largest absolute Gasteiger partial charge is 0.573 e. The van der Waals surface area contributed by atoms with Crippen LogP contribution < -0.4 is 15.0 Å². The normalized spacial score (nSPS) is 18.6. The maximum Gasteiger partial charge on any atom is 0.573 e. The summed E-state index contributed by atoms with van der Waals surface area (Å²) in [6.45, 7) is 3.41. The van der Waals surface area contributed by atoms with Gasteiger partial charge in [0.15, 0.2) is 5.75 Å². The highest BCUT2D eigenvalue weighted by Gasteiger charge is 2.52. The molecule has 4 amide bonds. The lowest BCUT2D eigenvalue weighted by atomic mass is 10.0. The van der Waals surface area contributed by atoms with Gasteiger partial charge in [-0.3, -0.25) is 19.5 Å². The molecule has 18 heteroatoms. The van der Waals surface area contributed by atoms with Crippen molar-refractivity contribution in [2.24, 2.45) is 0 Å². The average molecular weight is 647 g/mol. The number of urea groups is 1. The summed E-state index contributed by atoms with van der Waals surface area (Å²) in [6.07, 6.45) is -9.97. The maximum absolute atomic E-state index is 13.5. The molecule has 2 aromatic rings. The molecule has 12 nitrogen and oxygen atoms in total. The molecule has 0 radical (unpaired) electrons. The van der Waals surface area contributed by atoms with E-state index >= 15 is 0 Å². The summed E-state index contributed by atoms with van der Waals surface area (Å²) < 4.78 is 87.4. The highest BCUT2D eigenvalue weighted by Crippen LogP contribution is 2.38. The van der Waals surface area contributed by atoms with Crippen LogP contribution in [0, 0.1) is 0 Å². The van der Waals surface area contributed by atoms with Gasteiger partial charge < -0.3 is 24.6 Å². The van der Waals surface area contributed by atoms with E-state index in [1.165, 1.54) is 31.1 Å². The van der Waals surface area contributed by atoms with Gasteiger partial charge in [-0.05, 0) is 56.8 Å². The zero-order chi connectivity index (χ0) is 33.3. The Kier molecular flexibility index (Phi) is 9.30. The lowest BCUT2D eigenvalue weighted by Crippen LogP contribution is -2.55. The molecule has 1 aromatic carbocycles. The number of imide groups is 1. The molecule has 0 aliphatic carbocycles. The molecule has 0 bridgehead atoms. The van der Waals surface area contributed by atoms with Crippen molar-refractivity contribution in [1.29, 1.82) is 0 Å². The van der Waals surface area contributed by atoms with Gasteiger partial charge in [0, 0.05) is 45.1 Å². The Bertz CT molecular complexity index is 1450. The highest BCUT2D eigenvalue weighted by atomic mass is 19.4. The molecule has 0 saturated carbocycles. The number of aromatic nitrogens is 1. The van der Waals surface area contributed by atoms with Crippen molar-refractivity contribution in [2.75, 3.05) is 43.4 Å². The van der Waals surface area contributed by atoms with Gasteiger partial charge in [-0.1, -0.05) is 0 Å². The van der Waals surface area contributed by atoms with Crippen LogP contribution in [-0.4, -0.2) is 101 Å². The SMILES string of the molecule is CN1CCN(C(OC(=O)C(F)(F)F)C(=O)Nc2cc(N3C(=O)N(Cc4ccncc4)C(C)(C)C3=O)ccc2OC(F)(F)F)CC1. The smallest absolute Gasteiger partial charge is 0.430 e. The molecule has 0 spiro atoms. The lowest BCUT2D eigenvalue weighted by Gasteiger charge is -2.36. The number of carbonyl (C=O) groups is 4. The number of likely N-dealkylation sites (N-methyl/N-ethyl adjacent to an activating group) is 1. The molecule has 45 heavy (non-hydrogen) atoms. The fourth-order valence-corrected chi connectivity index (χ4v) is 4.68. The Morgan fingerprint density at radius 3 is 2.20 bits per heavy atom. The molecule has 2 fully saturated rings. The summed E-state index contributed by atoms with van der Waals surface area (Å²) in [4.78, 5) is 60.6. The molecule has 1 atom stereocenters. The first-order chi connectivity index (χ1) is 20.9. The van der Waals surface area contributed by atoms with Gasteiger partial charge in [-0.15, -0.1) is 13.2 Å². The molecule has 3 heterocycles. The second kappa shape index (κ2) is 12.5.